The Kier molecular flexibility index (Phi) is 4.77. The molecule has 54 valence electrons. The van der Waals surface area contributed by atoms with Crippen LogP contribution in [0.1, 0.15) is 19.3 Å². The molecular formula is C6H12ClNO. The molecule has 0 saturated carbocycles. The highest BCUT2D eigenvalue weighted by atomic mass is 35.5. The molecule has 1 rings (SSSR count). The summed E-state index contributed by atoms with van der Waals surface area (Å²) in [4.78, 5) is 0. The third kappa shape index (κ3) is 2.84. The predicted octanol–water partition coefficient (Wildman–Crippen LogP) is 1.50. The maximum atomic E-state index is 8.39. The zero-order chi connectivity index (χ0) is 5.82. The first-order valence-corrected chi connectivity index (χ1v) is 3.00. The largest absolute Gasteiger partial charge is 0.316 e. The molecule has 0 aliphatic heterocycles. The first-order valence-electron chi connectivity index (χ1n) is 3.00. The van der Waals surface area contributed by atoms with Crippen molar-refractivity contribution >= 4 is 12.4 Å². The van der Waals surface area contributed by atoms with Gasteiger partial charge in [0, 0.05) is 6.04 Å². The number of halogens is 1. The van der Waals surface area contributed by atoms with Gasteiger partial charge < -0.3 is 5.21 Å². The van der Waals surface area contributed by atoms with Crippen LogP contribution >= 0.6 is 12.4 Å². The van der Waals surface area contributed by atoms with Crippen LogP contribution < -0.4 is 5.48 Å². The van der Waals surface area contributed by atoms with E-state index in [-0.39, 0.29) is 18.4 Å². The van der Waals surface area contributed by atoms with E-state index in [2.05, 4.69) is 11.6 Å². The number of hydrogen-bond donors (Lipinski definition) is 2. The molecule has 1 unspecified atom stereocenters. The summed E-state index contributed by atoms with van der Waals surface area (Å²) in [5, 5.41) is 8.39. The molecule has 0 amide bonds. The van der Waals surface area contributed by atoms with E-state index in [1.165, 1.54) is 6.42 Å². The Hall–Kier alpha value is -0.0500. The standard InChI is InChI=1S/C6H11NO.ClH/c8-7-6-4-2-1-3-5-6;/h2,4,6-8H,1,3,5H2;1H. The quantitative estimate of drug-likeness (QED) is 0.438. The molecule has 0 aromatic rings. The Bertz CT molecular complexity index is 95.1. The minimum atomic E-state index is 0. The second-order valence-corrected chi connectivity index (χ2v) is 2.09. The number of rotatable bonds is 1. The van der Waals surface area contributed by atoms with Gasteiger partial charge in [-0.25, -0.2) is 0 Å². The van der Waals surface area contributed by atoms with Crippen molar-refractivity contribution in [3.05, 3.63) is 12.2 Å². The van der Waals surface area contributed by atoms with Gasteiger partial charge in [-0.2, -0.15) is 5.48 Å². The van der Waals surface area contributed by atoms with Crippen LogP contribution in [0.4, 0.5) is 0 Å². The van der Waals surface area contributed by atoms with Gasteiger partial charge in [-0.15, -0.1) is 12.4 Å². The van der Waals surface area contributed by atoms with Crippen molar-refractivity contribution < 1.29 is 5.21 Å². The lowest BCUT2D eigenvalue weighted by Crippen LogP contribution is -2.24. The molecule has 1 atom stereocenters. The molecule has 2 nitrogen and oxygen atoms in total. The average Bonchev–Trinajstić information content (AvgIpc) is 1.90. The Labute approximate surface area is 61.3 Å². The third-order valence-corrected chi connectivity index (χ3v) is 1.42. The van der Waals surface area contributed by atoms with Gasteiger partial charge in [0.15, 0.2) is 0 Å². The van der Waals surface area contributed by atoms with Gasteiger partial charge in [-0.3, -0.25) is 0 Å². The molecule has 0 fully saturated rings. The predicted molar refractivity (Wildman–Crippen MR) is 38.9 cm³/mol. The molecule has 0 saturated heterocycles. The first-order chi connectivity index (χ1) is 3.93. The lowest BCUT2D eigenvalue weighted by molar-refractivity contribution is 0.137. The molecule has 0 spiro atoms. The Balaban J connectivity index is 0.000000640. The SMILES string of the molecule is Cl.ONC1C=CCCC1. The second kappa shape index (κ2) is 4.79. The van der Waals surface area contributed by atoms with Crippen LogP contribution in [0.5, 0.6) is 0 Å². The number of allylic oxidation sites excluding steroid dienone is 1. The molecule has 0 radical (unpaired) electrons. The summed E-state index contributed by atoms with van der Waals surface area (Å²) < 4.78 is 0. The summed E-state index contributed by atoms with van der Waals surface area (Å²) in [5.41, 5.74) is 2.22. The molecule has 1 aliphatic rings. The van der Waals surface area contributed by atoms with Gasteiger partial charge in [0.2, 0.25) is 0 Å². The lowest BCUT2D eigenvalue weighted by atomic mass is 10.0. The van der Waals surface area contributed by atoms with E-state index in [1.54, 1.807) is 0 Å². The highest BCUT2D eigenvalue weighted by Gasteiger charge is 2.03. The normalized spacial score (nSPS) is 25.2. The number of nitrogens with one attached hydrogen (secondary N) is 1. The molecule has 0 aromatic carbocycles. The fourth-order valence-electron chi connectivity index (χ4n) is 0.920. The Morgan fingerprint density at radius 3 is 2.67 bits per heavy atom. The maximum Gasteiger partial charge on any atom is 0.0499 e. The molecular weight excluding hydrogens is 138 g/mol. The van der Waals surface area contributed by atoms with Crippen LogP contribution in [0.25, 0.3) is 0 Å². The van der Waals surface area contributed by atoms with Crippen molar-refractivity contribution in [2.75, 3.05) is 0 Å². The summed E-state index contributed by atoms with van der Waals surface area (Å²) >= 11 is 0. The Morgan fingerprint density at radius 1 is 1.56 bits per heavy atom. The fourth-order valence-corrected chi connectivity index (χ4v) is 0.920. The highest BCUT2D eigenvalue weighted by Crippen LogP contribution is 2.08. The number of hydroxylamine groups is 1. The monoisotopic (exact) mass is 149 g/mol. The summed E-state index contributed by atoms with van der Waals surface area (Å²) in [6.45, 7) is 0. The maximum absolute atomic E-state index is 8.39. The first kappa shape index (κ1) is 8.95. The van der Waals surface area contributed by atoms with Crippen molar-refractivity contribution in [3.8, 4) is 0 Å². The van der Waals surface area contributed by atoms with E-state index >= 15 is 0 Å². The third-order valence-electron chi connectivity index (χ3n) is 1.42. The van der Waals surface area contributed by atoms with Crippen LogP contribution in [0.15, 0.2) is 12.2 Å². The van der Waals surface area contributed by atoms with Crippen LogP contribution in [-0.4, -0.2) is 11.2 Å². The molecule has 0 bridgehead atoms. The zero-order valence-corrected chi connectivity index (χ0v) is 6.03. The van der Waals surface area contributed by atoms with Gasteiger partial charge in [-0.1, -0.05) is 12.2 Å². The molecule has 0 aromatic heterocycles. The van der Waals surface area contributed by atoms with E-state index in [9.17, 15) is 0 Å². The highest BCUT2D eigenvalue weighted by molar-refractivity contribution is 5.85. The molecule has 2 N–H and O–H groups in total. The van der Waals surface area contributed by atoms with Crippen LogP contribution in [0.2, 0.25) is 0 Å². The summed E-state index contributed by atoms with van der Waals surface area (Å²) in [6.07, 6.45) is 7.51. The van der Waals surface area contributed by atoms with Crippen molar-refractivity contribution in [1.29, 1.82) is 0 Å². The van der Waals surface area contributed by atoms with Gasteiger partial charge in [0.1, 0.15) is 0 Å². The van der Waals surface area contributed by atoms with E-state index in [0.29, 0.717) is 0 Å². The number of hydrogen-bond acceptors (Lipinski definition) is 2. The smallest absolute Gasteiger partial charge is 0.0499 e. The minimum absolute atomic E-state index is 0. The van der Waals surface area contributed by atoms with E-state index < -0.39 is 0 Å². The van der Waals surface area contributed by atoms with E-state index in [0.717, 1.165) is 12.8 Å². The fraction of sp³-hybridized carbons (Fsp3) is 0.667. The second-order valence-electron chi connectivity index (χ2n) is 2.09. The van der Waals surface area contributed by atoms with E-state index in [4.69, 9.17) is 5.21 Å². The summed E-state index contributed by atoms with van der Waals surface area (Å²) in [6, 6.07) is 0.212. The van der Waals surface area contributed by atoms with E-state index in [1.807, 2.05) is 6.08 Å². The van der Waals surface area contributed by atoms with Crippen molar-refractivity contribution in [3.63, 3.8) is 0 Å². The van der Waals surface area contributed by atoms with Crippen molar-refractivity contribution in [1.82, 2.24) is 5.48 Å². The Morgan fingerprint density at radius 2 is 2.33 bits per heavy atom. The molecule has 1 aliphatic carbocycles. The molecule has 3 heteroatoms. The van der Waals surface area contributed by atoms with Gasteiger partial charge in [0.05, 0.1) is 0 Å². The van der Waals surface area contributed by atoms with Crippen LogP contribution in [0.3, 0.4) is 0 Å². The zero-order valence-electron chi connectivity index (χ0n) is 5.21. The van der Waals surface area contributed by atoms with Gasteiger partial charge in [0.25, 0.3) is 0 Å². The van der Waals surface area contributed by atoms with Crippen LogP contribution in [0, 0.1) is 0 Å². The van der Waals surface area contributed by atoms with Crippen LogP contribution in [-0.2, 0) is 0 Å². The van der Waals surface area contributed by atoms with Crippen molar-refractivity contribution in [2.45, 2.75) is 25.3 Å². The molecule has 0 heterocycles. The average molecular weight is 150 g/mol. The minimum Gasteiger partial charge on any atom is -0.316 e. The van der Waals surface area contributed by atoms with Gasteiger partial charge in [-0.05, 0) is 19.3 Å². The summed E-state index contributed by atoms with van der Waals surface area (Å²) in [7, 11) is 0. The van der Waals surface area contributed by atoms with Crippen molar-refractivity contribution in [2.24, 2.45) is 0 Å². The molecule has 9 heavy (non-hydrogen) atoms. The lowest BCUT2D eigenvalue weighted by Gasteiger charge is -2.12. The summed E-state index contributed by atoms with van der Waals surface area (Å²) in [5.74, 6) is 0. The van der Waals surface area contributed by atoms with Gasteiger partial charge >= 0.3 is 0 Å². The topological polar surface area (TPSA) is 32.3 Å².